The lowest BCUT2D eigenvalue weighted by atomic mass is 9.95. The Labute approximate surface area is 314 Å². The summed E-state index contributed by atoms with van der Waals surface area (Å²) in [5.74, 6) is -1.28. The molecular formula is C45H52N2O6. The molecule has 0 unspecified atom stereocenters. The zero-order valence-electron chi connectivity index (χ0n) is 30.5. The van der Waals surface area contributed by atoms with Gasteiger partial charge in [0.15, 0.2) is 0 Å². The molecule has 0 radical (unpaired) electrons. The first-order chi connectivity index (χ1) is 25.9. The highest BCUT2D eigenvalue weighted by atomic mass is 16.5. The van der Waals surface area contributed by atoms with E-state index in [1.54, 1.807) is 17.1 Å². The molecule has 0 spiro atoms. The van der Waals surface area contributed by atoms with Gasteiger partial charge in [-0.05, 0) is 66.5 Å². The van der Waals surface area contributed by atoms with Gasteiger partial charge < -0.3 is 24.8 Å². The van der Waals surface area contributed by atoms with Crippen LogP contribution in [0.3, 0.4) is 0 Å². The topological polar surface area (TPSA) is 105 Å². The molecular weight excluding hydrogens is 665 g/mol. The number of rotatable bonds is 23. The monoisotopic (exact) mass is 716 g/mol. The molecule has 2 amide bonds. The number of nitrogens with zero attached hydrogens (tertiary/aromatic N) is 1. The molecule has 0 fully saturated rings. The zero-order chi connectivity index (χ0) is 37.7. The molecule has 8 nitrogen and oxygen atoms in total. The van der Waals surface area contributed by atoms with Gasteiger partial charge in [0.2, 0.25) is 11.8 Å². The van der Waals surface area contributed by atoms with Gasteiger partial charge in [0, 0.05) is 19.5 Å². The Kier molecular flexibility index (Phi) is 17.1. The Morgan fingerprint density at radius 3 is 1.94 bits per heavy atom. The summed E-state index contributed by atoms with van der Waals surface area (Å²) in [7, 11) is 0. The maximum absolute atomic E-state index is 13.9. The number of aliphatic hydroxyl groups is 1. The smallest absolute Gasteiger partial charge is 0.309 e. The highest BCUT2D eigenvalue weighted by molar-refractivity contribution is 5.86. The Hall–Kier alpha value is -5.47. The molecule has 4 aromatic rings. The van der Waals surface area contributed by atoms with Crippen LogP contribution in [0.15, 0.2) is 141 Å². The van der Waals surface area contributed by atoms with Crippen molar-refractivity contribution < 1.29 is 29.0 Å². The second-order valence-electron chi connectivity index (χ2n) is 13.2. The molecule has 8 heteroatoms. The van der Waals surface area contributed by atoms with E-state index in [9.17, 15) is 19.5 Å². The van der Waals surface area contributed by atoms with Crippen LogP contribution in [-0.4, -0.2) is 53.6 Å². The first-order valence-corrected chi connectivity index (χ1v) is 18.3. The third kappa shape index (κ3) is 14.2. The van der Waals surface area contributed by atoms with Crippen LogP contribution in [0.1, 0.15) is 47.9 Å². The van der Waals surface area contributed by atoms with Gasteiger partial charge in [-0.25, -0.2) is 0 Å². The number of hydrogen-bond donors (Lipinski definition) is 2. The van der Waals surface area contributed by atoms with Crippen LogP contribution in [-0.2, 0) is 45.1 Å². The van der Waals surface area contributed by atoms with Crippen molar-refractivity contribution in [3.8, 4) is 5.75 Å². The van der Waals surface area contributed by atoms with Gasteiger partial charge in [-0.15, -0.1) is 13.2 Å². The Bertz CT molecular complexity index is 1700. The van der Waals surface area contributed by atoms with Crippen molar-refractivity contribution >= 4 is 17.8 Å². The van der Waals surface area contributed by atoms with Crippen molar-refractivity contribution in [2.45, 2.75) is 57.7 Å². The zero-order valence-corrected chi connectivity index (χ0v) is 30.5. The molecule has 0 aliphatic heterocycles. The first-order valence-electron chi connectivity index (χ1n) is 18.3. The quantitative estimate of drug-likeness (QED) is 0.0619. The molecule has 0 saturated carbocycles. The fraction of sp³-hybridized carbons (Fsp3) is 0.311. The number of carbonyl (C=O) groups is 3. The van der Waals surface area contributed by atoms with Crippen molar-refractivity contribution in [1.82, 2.24) is 10.2 Å². The molecule has 0 aliphatic carbocycles. The lowest BCUT2D eigenvalue weighted by Crippen LogP contribution is -2.45. The SMILES string of the molecule is C=CCC[C@H](Cc1ccccc1)C(=O)OC[C@H](Cc1ccc(OCc2ccccc2)cc1)NC(=O)[C@H](CC=C)CC(=O)N(CCO)Cc1ccccc1. The van der Waals surface area contributed by atoms with Gasteiger partial charge in [0.25, 0.3) is 0 Å². The van der Waals surface area contributed by atoms with E-state index in [1.165, 1.54) is 0 Å². The van der Waals surface area contributed by atoms with Crippen molar-refractivity contribution in [3.63, 3.8) is 0 Å². The number of aliphatic hydroxyl groups excluding tert-OH is 1. The number of benzene rings is 4. The largest absolute Gasteiger partial charge is 0.489 e. The maximum Gasteiger partial charge on any atom is 0.309 e. The van der Waals surface area contributed by atoms with E-state index in [1.807, 2.05) is 115 Å². The summed E-state index contributed by atoms with van der Waals surface area (Å²) < 4.78 is 11.9. The Morgan fingerprint density at radius 2 is 1.34 bits per heavy atom. The van der Waals surface area contributed by atoms with Gasteiger partial charge in [-0.2, -0.15) is 0 Å². The fourth-order valence-corrected chi connectivity index (χ4v) is 6.08. The highest BCUT2D eigenvalue weighted by Crippen LogP contribution is 2.20. The molecule has 2 N–H and O–H groups in total. The van der Waals surface area contributed by atoms with Crippen LogP contribution < -0.4 is 10.1 Å². The lowest BCUT2D eigenvalue weighted by molar-refractivity contribution is -0.150. The summed E-state index contributed by atoms with van der Waals surface area (Å²) in [4.78, 5) is 42.5. The summed E-state index contributed by atoms with van der Waals surface area (Å²) in [5, 5.41) is 12.8. The number of allylic oxidation sites excluding steroid dienone is 2. The van der Waals surface area contributed by atoms with Gasteiger partial charge in [0.05, 0.1) is 24.5 Å². The van der Waals surface area contributed by atoms with Crippen LogP contribution in [0.4, 0.5) is 0 Å². The Balaban J connectivity index is 1.47. The minimum atomic E-state index is -0.706. The average molecular weight is 717 g/mol. The highest BCUT2D eigenvalue weighted by Gasteiger charge is 2.28. The predicted octanol–water partition coefficient (Wildman–Crippen LogP) is 7.26. The number of hydrogen-bond acceptors (Lipinski definition) is 6. The molecule has 0 aliphatic rings. The van der Waals surface area contributed by atoms with E-state index in [2.05, 4.69) is 18.5 Å². The lowest BCUT2D eigenvalue weighted by Gasteiger charge is -2.26. The first kappa shape index (κ1) is 40.3. The van der Waals surface area contributed by atoms with Crippen molar-refractivity contribution in [2.24, 2.45) is 11.8 Å². The third-order valence-electron chi connectivity index (χ3n) is 8.99. The fourth-order valence-electron chi connectivity index (χ4n) is 6.08. The van der Waals surface area contributed by atoms with Crippen LogP contribution in [0.25, 0.3) is 0 Å². The number of esters is 1. The summed E-state index contributed by atoms with van der Waals surface area (Å²) in [5.41, 5.74) is 3.94. The summed E-state index contributed by atoms with van der Waals surface area (Å²) in [6, 6.07) is 36.3. The van der Waals surface area contributed by atoms with Crippen LogP contribution in [0, 0.1) is 11.8 Å². The van der Waals surface area contributed by atoms with E-state index in [-0.39, 0.29) is 56.3 Å². The number of carbonyl (C=O) groups excluding carboxylic acids is 3. The normalized spacial score (nSPS) is 12.5. The molecule has 278 valence electrons. The molecule has 4 aromatic carbocycles. The van der Waals surface area contributed by atoms with Crippen LogP contribution in [0.5, 0.6) is 5.75 Å². The van der Waals surface area contributed by atoms with E-state index in [0.29, 0.717) is 44.6 Å². The van der Waals surface area contributed by atoms with Gasteiger partial charge in [-0.1, -0.05) is 115 Å². The van der Waals surface area contributed by atoms with E-state index in [0.717, 1.165) is 22.3 Å². The molecule has 3 atom stereocenters. The van der Waals surface area contributed by atoms with E-state index >= 15 is 0 Å². The molecule has 0 saturated heterocycles. The van der Waals surface area contributed by atoms with Crippen LogP contribution in [0.2, 0.25) is 0 Å². The number of ether oxygens (including phenoxy) is 2. The third-order valence-corrected chi connectivity index (χ3v) is 8.99. The summed E-state index contributed by atoms with van der Waals surface area (Å²) >= 11 is 0. The molecule has 4 rings (SSSR count). The second-order valence-corrected chi connectivity index (χ2v) is 13.2. The minimum Gasteiger partial charge on any atom is -0.489 e. The van der Waals surface area contributed by atoms with E-state index < -0.39 is 12.0 Å². The predicted molar refractivity (Wildman–Crippen MR) is 209 cm³/mol. The van der Waals surface area contributed by atoms with Crippen molar-refractivity contribution in [3.05, 3.63) is 163 Å². The maximum atomic E-state index is 13.9. The molecule has 0 heterocycles. The summed E-state index contributed by atoms with van der Waals surface area (Å²) in [6.07, 6.45) is 5.81. The second kappa shape index (κ2) is 22.5. The van der Waals surface area contributed by atoms with E-state index in [4.69, 9.17) is 9.47 Å². The van der Waals surface area contributed by atoms with Gasteiger partial charge >= 0.3 is 5.97 Å². The number of amides is 2. The van der Waals surface area contributed by atoms with Crippen molar-refractivity contribution in [1.29, 1.82) is 0 Å². The standard InChI is InChI=1S/C45H52N2O6/c1-3-5-22-40(29-35-16-9-6-10-17-35)45(51)53-34-41(30-36-23-25-42(26-24-36)52-33-38-20-13-8-14-21-38)46-44(50)39(15-4-2)31-43(49)47(27-28-48)32-37-18-11-7-12-19-37/h3-4,6-14,16-21,23-26,39-41,48H,1-2,5,15,22,27-34H2,(H,46,50)/t39-,40-,41+/m1/s1. The molecule has 0 bridgehead atoms. The van der Waals surface area contributed by atoms with Gasteiger partial charge in [-0.3, -0.25) is 14.4 Å². The van der Waals surface area contributed by atoms with Crippen LogP contribution >= 0.6 is 0 Å². The minimum absolute atomic E-state index is 0.0460. The van der Waals surface area contributed by atoms with Crippen molar-refractivity contribution in [2.75, 3.05) is 19.8 Å². The molecule has 0 aromatic heterocycles. The Morgan fingerprint density at radius 1 is 0.736 bits per heavy atom. The summed E-state index contributed by atoms with van der Waals surface area (Å²) in [6.45, 7) is 8.33. The number of nitrogens with one attached hydrogen (secondary N) is 1. The average Bonchev–Trinajstić information content (AvgIpc) is 3.19. The molecule has 53 heavy (non-hydrogen) atoms. The van der Waals surface area contributed by atoms with Gasteiger partial charge in [0.1, 0.15) is 19.0 Å².